The number of carbonyl (C=O) groups excluding carboxylic acids is 1. The zero-order valence-electron chi connectivity index (χ0n) is 12.2. The van der Waals surface area contributed by atoms with Gasteiger partial charge in [0.15, 0.2) is 11.5 Å². The van der Waals surface area contributed by atoms with Crippen molar-refractivity contribution in [3.63, 3.8) is 0 Å². The molecule has 0 aliphatic heterocycles. The lowest BCUT2D eigenvalue weighted by molar-refractivity contribution is 0.0943. The average molecular weight is 339 g/mol. The van der Waals surface area contributed by atoms with Crippen molar-refractivity contribution < 1.29 is 4.79 Å². The van der Waals surface area contributed by atoms with E-state index in [-0.39, 0.29) is 11.6 Å². The predicted octanol–water partition coefficient (Wildman–Crippen LogP) is 3.91. The van der Waals surface area contributed by atoms with Gasteiger partial charge in [-0.1, -0.05) is 37.0 Å². The molecule has 2 N–H and O–H groups in total. The third-order valence-corrected chi connectivity index (χ3v) is 3.32. The van der Waals surface area contributed by atoms with Crippen LogP contribution in [-0.4, -0.2) is 22.6 Å². The zero-order valence-corrected chi connectivity index (χ0v) is 13.7. The Bertz CT molecular complexity index is 659. The maximum atomic E-state index is 11.8. The van der Waals surface area contributed by atoms with Crippen LogP contribution in [0.15, 0.2) is 30.3 Å². The lowest BCUT2D eigenvalue weighted by atomic mass is 10.2. The summed E-state index contributed by atoms with van der Waals surface area (Å²) >= 11 is 12.0. The Morgan fingerprint density at radius 3 is 2.59 bits per heavy atom. The van der Waals surface area contributed by atoms with Crippen molar-refractivity contribution in [2.75, 3.05) is 11.9 Å². The normalized spacial score (nSPS) is 10.6. The number of hydrogen-bond acceptors (Lipinski definition) is 4. The second kappa shape index (κ2) is 7.42. The molecule has 5 nitrogen and oxygen atoms in total. The van der Waals surface area contributed by atoms with Gasteiger partial charge in [-0.3, -0.25) is 4.79 Å². The number of halogens is 2. The fourth-order valence-corrected chi connectivity index (χ4v) is 1.98. The number of benzene rings is 1. The van der Waals surface area contributed by atoms with E-state index in [9.17, 15) is 4.79 Å². The van der Waals surface area contributed by atoms with Crippen LogP contribution in [0.5, 0.6) is 0 Å². The quantitative estimate of drug-likeness (QED) is 0.867. The summed E-state index contributed by atoms with van der Waals surface area (Å²) in [5.41, 5.74) is 0.892. The number of amides is 1. The van der Waals surface area contributed by atoms with Crippen LogP contribution in [0.1, 0.15) is 24.3 Å². The molecule has 0 radical (unpaired) electrons. The van der Waals surface area contributed by atoms with Crippen LogP contribution in [0, 0.1) is 5.92 Å². The van der Waals surface area contributed by atoms with Crippen molar-refractivity contribution in [1.29, 1.82) is 0 Å². The van der Waals surface area contributed by atoms with Crippen molar-refractivity contribution in [3.05, 3.63) is 46.1 Å². The third kappa shape index (κ3) is 4.58. The smallest absolute Gasteiger partial charge is 0.271 e. The van der Waals surface area contributed by atoms with Gasteiger partial charge in [0, 0.05) is 11.6 Å². The first kappa shape index (κ1) is 16.5. The molecule has 0 aliphatic rings. The molecular weight excluding hydrogens is 323 g/mol. The van der Waals surface area contributed by atoms with Gasteiger partial charge in [0.1, 0.15) is 0 Å². The highest BCUT2D eigenvalue weighted by atomic mass is 35.5. The molecule has 0 spiro atoms. The van der Waals surface area contributed by atoms with E-state index in [1.807, 2.05) is 13.8 Å². The molecule has 22 heavy (non-hydrogen) atoms. The highest BCUT2D eigenvalue weighted by Gasteiger charge is 2.09. The molecule has 0 saturated carbocycles. The first-order valence-electron chi connectivity index (χ1n) is 6.79. The second-order valence-corrected chi connectivity index (χ2v) is 6.00. The van der Waals surface area contributed by atoms with Gasteiger partial charge in [0.25, 0.3) is 5.91 Å². The van der Waals surface area contributed by atoms with E-state index in [2.05, 4.69) is 20.8 Å². The molecule has 0 bridgehead atoms. The zero-order chi connectivity index (χ0) is 16.1. The molecule has 0 aliphatic carbocycles. The summed E-state index contributed by atoms with van der Waals surface area (Å²) in [4.78, 5) is 11.8. The fourth-order valence-electron chi connectivity index (χ4n) is 1.64. The van der Waals surface area contributed by atoms with E-state index in [0.29, 0.717) is 34.0 Å². The van der Waals surface area contributed by atoms with Gasteiger partial charge < -0.3 is 10.6 Å². The first-order chi connectivity index (χ1) is 10.5. The Kier molecular flexibility index (Phi) is 5.57. The molecule has 7 heteroatoms. The molecular formula is C15H16Cl2N4O. The number of nitrogens with one attached hydrogen (secondary N) is 2. The van der Waals surface area contributed by atoms with Crippen LogP contribution >= 0.6 is 23.2 Å². The lowest BCUT2D eigenvalue weighted by Gasteiger charge is -2.09. The molecule has 1 aromatic heterocycles. The van der Waals surface area contributed by atoms with Crippen LogP contribution in [-0.2, 0) is 0 Å². The van der Waals surface area contributed by atoms with E-state index in [1.165, 1.54) is 0 Å². The highest BCUT2D eigenvalue weighted by molar-refractivity contribution is 6.35. The van der Waals surface area contributed by atoms with Gasteiger partial charge in [-0.25, -0.2) is 0 Å². The SMILES string of the molecule is CC(C)CNC(=O)c1ccc(Nc2cc(Cl)ccc2Cl)nn1. The van der Waals surface area contributed by atoms with Crippen LogP contribution < -0.4 is 10.6 Å². The van der Waals surface area contributed by atoms with Crippen molar-refractivity contribution in [2.45, 2.75) is 13.8 Å². The van der Waals surface area contributed by atoms with Crippen LogP contribution in [0.2, 0.25) is 10.0 Å². The number of anilines is 2. The van der Waals surface area contributed by atoms with Crippen LogP contribution in [0.4, 0.5) is 11.5 Å². The Hall–Kier alpha value is -1.85. The van der Waals surface area contributed by atoms with Gasteiger partial charge in [0.2, 0.25) is 0 Å². The molecule has 2 aromatic rings. The summed E-state index contributed by atoms with van der Waals surface area (Å²) in [5.74, 6) is 0.612. The molecule has 1 heterocycles. The van der Waals surface area contributed by atoms with E-state index in [1.54, 1.807) is 30.3 Å². The van der Waals surface area contributed by atoms with Crippen LogP contribution in [0.25, 0.3) is 0 Å². The van der Waals surface area contributed by atoms with Gasteiger partial charge in [-0.05, 0) is 36.2 Å². The predicted molar refractivity (Wildman–Crippen MR) is 88.9 cm³/mol. The monoisotopic (exact) mass is 338 g/mol. The van der Waals surface area contributed by atoms with Crippen molar-refractivity contribution in [2.24, 2.45) is 5.92 Å². The molecule has 0 saturated heterocycles. The molecule has 2 rings (SSSR count). The fraction of sp³-hybridized carbons (Fsp3) is 0.267. The molecule has 1 amide bonds. The molecule has 1 aromatic carbocycles. The summed E-state index contributed by atoms with van der Waals surface area (Å²) < 4.78 is 0. The summed E-state index contributed by atoms with van der Waals surface area (Å²) in [7, 11) is 0. The lowest BCUT2D eigenvalue weighted by Crippen LogP contribution is -2.28. The Labute approximate surface area is 139 Å². The minimum absolute atomic E-state index is 0.242. The Morgan fingerprint density at radius 2 is 1.95 bits per heavy atom. The van der Waals surface area contributed by atoms with E-state index in [0.717, 1.165) is 0 Å². The van der Waals surface area contributed by atoms with Gasteiger partial charge in [-0.15, -0.1) is 10.2 Å². The minimum atomic E-state index is -0.242. The van der Waals surface area contributed by atoms with Crippen LogP contribution in [0.3, 0.4) is 0 Å². The average Bonchev–Trinajstić information content (AvgIpc) is 2.49. The van der Waals surface area contributed by atoms with E-state index >= 15 is 0 Å². The summed E-state index contributed by atoms with van der Waals surface area (Å²) in [5, 5.41) is 14.7. The molecule has 0 atom stereocenters. The number of hydrogen-bond donors (Lipinski definition) is 2. The number of aromatic nitrogens is 2. The maximum absolute atomic E-state index is 11.8. The maximum Gasteiger partial charge on any atom is 0.271 e. The van der Waals surface area contributed by atoms with Gasteiger partial charge in [0.05, 0.1) is 10.7 Å². The number of rotatable bonds is 5. The standard InChI is InChI=1S/C15H16Cl2N4O/c1-9(2)8-18-15(22)12-5-6-14(21-20-12)19-13-7-10(16)3-4-11(13)17/h3-7,9H,8H2,1-2H3,(H,18,22)(H,19,21). The minimum Gasteiger partial charge on any atom is -0.350 e. The topological polar surface area (TPSA) is 66.9 Å². The van der Waals surface area contributed by atoms with Crippen molar-refractivity contribution >= 4 is 40.6 Å². The van der Waals surface area contributed by atoms with E-state index in [4.69, 9.17) is 23.2 Å². The summed E-state index contributed by atoms with van der Waals surface area (Å²) in [6, 6.07) is 8.34. The van der Waals surface area contributed by atoms with E-state index < -0.39 is 0 Å². The largest absolute Gasteiger partial charge is 0.350 e. The number of carbonyl (C=O) groups is 1. The number of nitrogens with zero attached hydrogens (tertiary/aromatic N) is 2. The third-order valence-electron chi connectivity index (χ3n) is 2.76. The van der Waals surface area contributed by atoms with Gasteiger partial charge >= 0.3 is 0 Å². The Balaban J connectivity index is 2.05. The summed E-state index contributed by atoms with van der Waals surface area (Å²) in [6.07, 6.45) is 0. The molecule has 0 fully saturated rings. The van der Waals surface area contributed by atoms with Crippen molar-refractivity contribution in [1.82, 2.24) is 15.5 Å². The first-order valence-corrected chi connectivity index (χ1v) is 7.55. The Morgan fingerprint density at radius 1 is 1.18 bits per heavy atom. The highest BCUT2D eigenvalue weighted by Crippen LogP contribution is 2.27. The molecule has 0 unspecified atom stereocenters. The second-order valence-electron chi connectivity index (χ2n) is 5.16. The van der Waals surface area contributed by atoms with Gasteiger partial charge in [-0.2, -0.15) is 0 Å². The van der Waals surface area contributed by atoms with Crippen molar-refractivity contribution in [3.8, 4) is 0 Å². The molecule has 116 valence electrons. The summed E-state index contributed by atoms with van der Waals surface area (Å²) in [6.45, 7) is 4.64.